The van der Waals surface area contributed by atoms with Crippen LogP contribution in [0.2, 0.25) is 0 Å². The van der Waals surface area contributed by atoms with Gasteiger partial charge in [0.05, 0.1) is 12.6 Å². The molecule has 1 fully saturated rings. The lowest BCUT2D eigenvalue weighted by molar-refractivity contribution is -0.126. The topological polar surface area (TPSA) is 61.9 Å². The molecule has 19 heavy (non-hydrogen) atoms. The van der Waals surface area contributed by atoms with Gasteiger partial charge in [-0.3, -0.25) is 9.69 Å². The lowest BCUT2D eigenvalue weighted by Crippen LogP contribution is -2.55. The molecule has 0 radical (unpaired) electrons. The monoisotopic (exact) mass is 269 g/mol. The first kappa shape index (κ1) is 15.5. The average molecular weight is 269 g/mol. The second-order valence-corrected chi connectivity index (χ2v) is 4.43. The van der Waals surface area contributed by atoms with Crippen molar-refractivity contribution in [3.8, 4) is 0 Å². The molecule has 0 saturated carbocycles. The Morgan fingerprint density at radius 3 is 2.53 bits per heavy atom. The van der Waals surface area contributed by atoms with E-state index >= 15 is 0 Å². The van der Waals surface area contributed by atoms with Crippen LogP contribution in [0.5, 0.6) is 0 Å². The van der Waals surface area contributed by atoms with Gasteiger partial charge in [0.25, 0.3) is 0 Å². The smallest absolute Gasteiger partial charge is 0.409 e. The minimum atomic E-state index is -0.272. The largest absolute Gasteiger partial charge is 0.450 e. The number of nitrogens with zero attached hydrogens (tertiary/aromatic N) is 2. The molecule has 0 aromatic heterocycles. The highest BCUT2D eigenvalue weighted by atomic mass is 16.6. The average Bonchev–Trinajstić information content (AvgIpc) is 2.44. The Morgan fingerprint density at radius 2 is 2.00 bits per heavy atom. The van der Waals surface area contributed by atoms with Gasteiger partial charge in [0.2, 0.25) is 5.91 Å². The summed E-state index contributed by atoms with van der Waals surface area (Å²) in [6.07, 6.45) is 1.38. The maximum absolute atomic E-state index is 11.8. The molecule has 2 amide bonds. The minimum Gasteiger partial charge on any atom is -0.450 e. The Balaban J connectivity index is 2.38. The van der Waals surface area contributed by atoms with E-state index in [0.29, 0.717) is 39.3 Å². The van der Waals surface area contributed by atoms with Crippen molar-refractivity contribution in [3.63, 3.8) is 0 Å². The fourth-order valence-corrected chi connectivity index (χ4v) is 1.99. The molecule has 0 bridgehead atoms. The van der Waals surface area contributed by atoms with E-state index in [2.05, 4.69) is 16.8 Å². The molecule has 0 spiro atoms. The SMILES string of the molecule is C=CCNC(=O)C(C)N1CCN(C(=O)OCC)CC1. The van der Waals surface area contributed by atoms with Crippen LogP contribution in [0.25, 0.3) is 0 Å². The van der Waals surface area contributed by atoms with Crippen molar-refractivity contribution in [1.82, 2.24) is 15.1 Å². The highest BCUT2D eigenvalue weighted by Crippen LogP contribution is 2.07. The Morgan fingerprint density at radius 1 is 1.37 bits per heavy atom. The first-order chi connectivity index (χ1) is 9.10. The van der Waals surface area contributed by atoms with Crippen molar-refractivity contribution in [3.05, 3.63) is 12.7 Å². The van der Waals surface area contributed by atoms with Crippen LogP contribution >= 0.6 is 0 Å². The van der Waals surface area contributed by atoms with Gasteiger partial charge in [0.1, 0.15) is 0 Å². The van der Waals surface area contributed by atoms with Crippen molar-refractivity contribution >= 4 is 12.0 Å². The lowest BCUT2D eigenvalue weighted by Gasteiger charge is -2.36. The predicted octanol–water partition coefficient (Wildman–Crippen LogP) is 0.451. The molecule has 1 rings (SSSR count). The van der Waals surface area contributed by atoms with Crippen molar-refractivity contribution in [2.45, 2.75) is 19.9 Å². The van der Waals surface area contributed by atoms with Gasteiger partial charge in [-0.05, 0) is 13.8 Å². The van der Waals surface area contributed by atoms with E-state index in [0.717, 1.165) is 0 Å². The molecule has 6 heteroatoms. The molecular formula is C13H23N3O3. The second kappa shape index (κ2) is 7.78. The number of rotatable bonds is 5. The fourth-order valence-electron chi connectivity index (χ4n) is 1.99. The zero-order chi connectivity index (χ0) is 14.3. The van der Waals surface area contributed by atoms with Gasteiger partial charge in [-0.25, -0.2) is 4.79 Å². The zero-order valence-corrected chi connectivity index (χ0v) is 11.7. The van der Waals surface area contributed by atoms with Gasteiger partial charge in [-0.1, -0.05) is 6.08 Å². The standard InChI is InChI=1S/C13H23N3O3/c1-4-6-14-12(17)11(3)15-7-9-16(10-8-15)13(18)19-5-2/h4,11H,1,5-10H2,2-3H3,(H,14,17). The van der Waals surface area contributed by atoms with E-state index < -0.39 is 0 Å². The summed E-state index contributed by atoms with van der Waals surface area (Å²) in [5, 5.41) is 2.78. The van der Waals surface area contributed by atoms with Crippen LogP contribution in [0.4, 0.5) is 4.79 Å². The first-order valence-corrected chi connectivity index (χ1v) is 6.64. The van der Waals surface area contributed by atoms with Crippen molar-refractivity contribution in [2.24, 2.45) is 0 Å². The molecule has 1 aliphatic heterocycles. The van der Waals surface area contributed by atoms with E-state index in [1.807, 2.05) is 6.92 Å². The van der Waals surface area contributed by atoms with Crippen LogP contribution < -0.4 is 5.32 Å². The quantitative estimate of drug-likeness (QED) is 0.736. The summed E-state index contributed by atoms with van der Waals surface area (Å²) in [4.78, 5) is 27.1. The first-order valence-electron chi connectivity index (χ1n) is 6.64. The molecule has 1 N–H and O–H groups in total. The molecule has 0 aromatic rings. The number of hydrogen-bond acceptors (Lipinski definition) is 4. The third-order valence-corrected chi connectivity index (χ3v) is 3.19. The molecular weight excluding hydrogens is 246 g/mol. The molecule has 0 aromatic carbocycles. The number of nitrogens with one attached hydrogen (secondary N) is 1. The summed E-state index contributed by atoms with van der Waals surface area (Å²) >= 11 is 0. The highest BCUT2D eigenvalue weighted by Gasteiger charge is 2.27. The summed E-state index contributed by atoms with van der Waals surface area (Å²) in [6, 6.07) is -0.190. The highest BCUT2D eigenvalue weighted by molar-refractivity contribution is 5.81. The van der Waals surface area contributed by atoms with Crippen LogP contribution in [0.15, 0.2) is 12.7 Å². The van der Waals surface area contributed by atoms with E-state index in [1.54, 1.807) is 17.9 Å². The summed E-state index contributed by atoms with van der Waals surface area (Å²) in [5.74, 6) is -0.00974. The van der Waals surface area contributed by atoms with Gasteiger partial charge in [0, 0.05) is 32.7 Å². The van der Waals surface area contributed by atoms with E-state index in [-0.39, 0.29) is 18.0 Å². The Hall–Kier alpha value is -1.56. The number of carbonyl (C=O) groups is 2. The summed E-state index contributed by atoms with van der Waals surface area (Å²) in [7, 11) is 0. The molecule has 0 aliphatic carbocycles. The third-order valence-electron chi connectivity index (χ3n) is 3.19. The molecule has 108 valence electrons. The van der Waals surface area contributed by atoms with Gasteiger partial charge in [-0.15, -0.1) is 6.58 Å². The summed E-state index contributed by atoms with van der Waals surface area (Å²) < 4.78 is 4.96. The van der Waals surface area contributed by atoms with Crippen LogP contribution in [-0.2, 0) is 9.53 Å². The van der Waals surface area contributed by atoms with E-state index in [4.69, 9.17) is 4.74 Å². The minimum absolute atomic E-state index is 0.00974. The van der Waals surface area contributed by atoms with Crippen LogP contribution in [0.1, 0.15) is 13.8 Å². The van der Waals surface area contributed by atoms with Gasteiger partial charge >= 0.3 is 6.09 Å². The fraction of sp³-hybridized carbons (Fsp3) is 0.692. The zero-order valence-electron chi connectivity index (χ0n) is 11.7. The number of carbonyl (C=O) groups excluding carboxylic acids is 2. The molecule has 1 aliphatic rings. The third kappa shape index (κ3) is 4.55. The van der Waals surface area contributed by atoms with Crippen molar-refractivity contribution in [2.75, 3.05) is 39.3 Å². The lowest BCUT2D eigenvalue weighted by atomic mass is 10.2. The Labute approximate surface area is 114 Å². The van der Waals surface area contributed by atoms with Gasteiger partial charge < -0.3 is 15.0 Å². The normalized spacial score (nSPS) is 17.7. The van der Waals surface area contributed by atoms with E-state index in [1.165, 1.54) is 0 Å². The summed E-state index contributed by atoms with van der Waals surface area (Å²) in [6.45, 7) is 10.7. The molecule has 6 nitrogen and oxygen atoms in total. The maximum atomic E-state index is 11.8. The number of piperazine rings is 1. The molecule has 1 saturated heterocycles. The Bertz CT molecular complexity index is 325. The van der Waals surface area contributed by atoms with Crippen molar-refractivity contribution in [1.29, 1.82) is 0 Å². The van der Waals surface area contributed by atoms with Gasteiger partial charge in [0.15, 0.2) is 0 Å². The van der Waals surface area contributed by atoms with E-state index in [9.17, 15) is 9.59 Å². The molecule has 1 heterocycles. The maximum Gasteiger partial charge on any atom is 0.409 e. The second-order valence-electron chi connectivity index (χ2n) is 4.43. The van der Waals surface area contributed by atoms with Crippen molar-refractivity contribution < 1.29 is 14.3 Å². The Kier molecular flexibility index (Phi) is 6.35. The van der Waals surface area contributed by atoms with Crippen LogP contribution in [-0.4, -0.2) is 67.2 Å². The number of ether oxygens (including phenoxy) is 1. The predicted molar refractivity (Wildman–Crippen MR) is 72.8 cm³/mol. The molecule has 1 unspecified atom stereocenters. The van der Waals surface area contributed by atoms with Crippen LogP contribution in [0, 0.1) is 0 Å². The van der Waals surface area contributed by atoms with Crippen LogP contribution in [0.3, 0.4) is 0 Å². The molecule has 1 atom stereocenters. The number of amides is 2. The summed E-state index contributed by atoms with van der Waals surface area (Å²) in [5.41, 5.74) is 0. The van der Waals surface area contributed by atoms with Gasteiger partial charge in [-0.2, -0.15) is 0 Å². The number of hydrogen-bond donors (Lipinski definition) is 1.